The number of fused-ring (bicyclic) bond motifs is 1. The Bertz CT molecular complexity index is 973. The number of para-hydroxylation sites is 1. The van der Waals surface area contributed by atoms with E-state index in [1.165, 1.54) is 4.90 Å². The van der Waals surface area contributed by atoms with Gasteiger partial charge in [-0.25, -0.2) is 4.79 Å². The monoisotopic (exact) mass is 325 g/mol. The number of hydrogen-bond donors (Lipinski definition) is 1. The zero-order valence-corrected chi connectivity index (χ0v) is 13.0. The van der Waals surface area contributed by atoms with Crippen LogP contribution in [0.3, 0.4) is 0 Å². The Morgan fingerprint density at radius 2 is 2.12 bits per heavy atom. The zero-order chi connectivity index (χ0) is 16.7. The summed E-state index contributed by atoms with van der Waals surface area (Å²) in [6.07, 6.45) is 2.14. The van der Waals surface area contributed by atoms with Gasteiger partial charge in [0.05, 0.1) is 12.1 Å². The molecule has 0 atom stereocenters. The number of nitrogens with zero attached hydrogens (tertiary/aromatic N) is 4. The Morgan fingerprint density at radius 3 is 2.92 bits per heavy atom. The fraction of sp³-hybridized carbons (Fsp3) is 0.312. The molecule has 0 spiro atoms. The maximum absolute atomic E-state index is 12.7. The summed E-state index contributed by atoms with van der Waals surface area (Å²) in [5.41, 5.74) is 0.133. The molecule has 0 radical (unpaired) electrons. The van der Waals surface area contributed by atoms with Crippen LogP contribution in [0.15, 0.2) is 33.6 Å². The van der Waals surface area contributed by atoms with Gasteiger partial charge in [0.1, 0.15) is 5.69 Å². The Hall–Kier alpha value is -3.03. The van der Waals surface area contributed by atoms with Crippen LogP contribution in [0, 0.1) is 0 Å². The highest BCUT2D eigenvalue weighted by atomic mass is 16.5. The summed E-state index contributed by atoms with van der Waals surface area (Å²) in [4.78, 5) is 36.6. The molecule has 1 aliphatic rings. The maximum atomic E-state index is 12.7. The summed E-state index contributed by atoms with van der Waals surface area (Å²) in [7, 11) is 1.62. The minimum Gasteiger partial charge on any atom is -0.339 e. The highest BCUT2D eigenvalue weighted by molar-refractivity contribution is 6.03. The molecule has 0 bridgehead atoms. The predicted molar refractivity (Wildman–Crippen MR) is 84.4 cm³/mol. The summed E-state index contributed by atoms with van der Waals surface area (Å²) in [5.74, 6) is 1.08. The standard InChI is InChI=1S/C16H15N5O3/c1-21(8-12-18-14(24-20-12)9-6-7-9)15(22)13-10-4-2-3-5-11(10)17-16(23)19-13/h2-5,9H,6-8H2,1H3,(H,17,19,23). The van der Waals surface area contributed by atoms with E-state index < -0.39 is 5.69 Å². The van der Waals surface area contributed by atoms with Gasteiger partial charge in [-0.2, -0.15) is 9.97 Å². The number of aromatic nitrogens is 4. The molecule has 8 nitrogen and oxygen atoms in total. The van der Waals surface area contributed by atoms with Crippen LogP contribution >= 0.6 is 0 Å². The van der Waals surface area contributed by atoms with Crippen molar-refractivity contribution in [1.29, 1.82) is 0 Å². The minimum atomic E-state index is -0.555. The van der Waals surface area contributed by atoms with Crippen LogP contribution in [-0.2, 0) is 6.54 Å². The van der Waals surface area contributed by atoms with Gasteiger partial charge in [-0.15, -0.1) is 0 Å². The van der Waals surface area contributed by atoms with Crippen molar-refractivity contribution in [2.75, 3.05) is 7.05 Å². The predicted octanol–water partition coefficient (Wildman–Crippen LogP) is 1.46. The van der Waals surface area contributed by atoms with E-state index in [-0.39, 0.29) is 18.1 Å². The molecular weight excluding hydrogens is 310 g/mol. The van der Waals surface area contributed by atoms with E-state index >= 15 is 0 Å². The van der Waals surface area contributed by atoms with Gasteiger partial charge in [-0.1, -0.05) is 23.4 Å². The molecule has 1 aliphatic carbocycles. The Morgan fingerprint density at radius 1 is 1.33 bits per heavy atom. The molecule has 1 N–H and O–H groups in total. The lowest BCUT2D eigenvalue weighted by Crippen LogP contribution is -2.30. The molecule has 1 aromatic carbocycles. The van der Waals surface area contributed by atoms with Crippen LogP contribution in [0.2, 0.25) is 0 Å². The number of rotatable bonds is 4. The lowest BCUT2D eigenvalue weighted by atomic mass is 10.1. The van der Waals surface area contributed by atoms with Gasteiger partial charge in [0.25, 0.3) is 5.91 Å². The first-order valence-electron chi connectivity index (χ1n) is 7.69. The Balaban J connectivity index is 1.61. The number of carbonyl (C=O) groups is 1. The summed E-state index contributed by atoms with van der Waals surface area (Å²) < 4.78 is 5.19. The van der Waals surface area contributed by atoms with Crippen molar-refractivity contribution in [3.8, 4) is 0 Å². The lowest BCUT2D eigenvalue weighted by Gasteiger charge is -2.15. The van der Waals surface area contributed by atoms with Crippen molar-refractivity contribution in [2.45, 2.75) is 25.3 Å². The molecule has 8 heteroatoms. The van der Waals surface area contributed by atoms with Crippen LogP contribution in [0.1, 0.15) is 41.0 Å². The second-order valence-corrected chi connectivity index (χ2v) is 5.92. The average Bonchev–Trinajstić information content (AvgIpc) is 3.33. The minimum absolute atomic E-state index is 0.114. The molecule has 1 amide bonds. The van der Waals surface area contributed by atoms with Gasteiger partial charge in [-0.3, -0.25) is 4.79 Å². The molecule has 122 valence electrons. The number of nitrogens with one attached hydrogen (secondary N) is 1. The van der Waals surface area contributed by atoms with Crippen LogP contribution in [0.4, 0.5) is 0 Å². The molecule has 2 heterocycles. The van der Waals surface area contributed by atoms with Crippen molar-refractivity contribution >= 4 is 16.8 Å². The molecule has 0 saturated heterocycles. The van der Waals surface area contributed by atoms with Gasteiger partial charge >= 0.3 is 5.69 Å². The maximum Gasteiger partial charge on any atom is 0.346 e. The summed E-state index contributed by atoms with van der Waals surface area (Å²) >= 11 is 0. The molecule has 4 rings (SSSR count). The van der Waals surface area contributed by atoms with E-state index in [1.807, 2.05) is 0 Å². The zero-order valence-electron chi connectivity index (χ0n) is 13.0. The van der Waals surface area contributed by atoms with Gasteiger partial charge < -0.3 is 14.4 Å². The van der Waals surface area contributed by atoms with Gasteiger partial charge in [0.2, 0.25) is 5.89 Å². The van der Waals surface area contributed by atoms with Gasteiger partial charge in [0, 0.05) is 18.4 Å². The Kier molecular flexibility index (Phi) is 3.37. The number of H-pyrrole nitrogens is 1. The van der Waals surface area contributed by atoms with E-state index in [2.05, 4.69) is 20.1 Å². The van der Waals surface area contributed by atoms with E-state index in [0.717, 1.165) is 12.8 Å². The van der Waals surface area contributed by atoms with Gasteiger partial charge in [-0.05, 0) is 18.9 Å². The number of hydrogen-bond acceptors (Lipinski definition) is 6. The van der Waals surface area contributed by atoms with Crippen molar-refractivity contribution in [3.63, 3.8) is 0 Å². The van der Waals surface area contributed by atoms with E-state index in [4.69, 9.17) is 4.52 Å². The quantitative estimate of drug-likeness (QED) is 0.778. The highest BCUT2D eigenvalue weighted by Crippen LogP contribution is 2.38. The smallest absolute Gasteiger partial charge is 0.339 e. The van der Waals surface area contributed by atoms with Crippen molar-refractivity contribution < 1.29 is 9.32 Å². The topological polar surface area (TPSA) is 105 Å². The van der Waals surface area contributed by atoms with Gasteiger partial charge in [0.15, 0.2) is 5.82 Å². The first-order chi connectivity index (χ1) is 11.6. The summed E-state index contributed by atoms with van der Waals surface area (Å²) in [5, 5.41) is 4.50. The third-order valence-electron chi connectivity index (χ3n) is 3.98. The third kappa shape index (κ3) is 2.66. The van der Waals surface area contributed by atoms with Crippen LogP contribution in [0.25, 0.3) is 10.9 Å². The normalized spacial score (nSPS) is 14.0. The SMILES string of the molecule is CN(Cc1noc(C2CC2)n1)C(=O)c1nc(=O)[nH]c2ccccc12. The molecule has 1 fully saturated rings. The second-order valence-electron chi connectivity index (χ2n) is 5.92. The molecule has 3 aromatic rings. The second kappa shape index (κ2) is 5.55. The van der Waals surface area contributed by atoms with Crippen LogP contribution in [0.5, 0.6) is 0 Å². The number of aromatic amines is 1. The average molecular weight is 325 g/mol. The van der Waals surface area contributed by atoms with E-state index in [9.17, 15) is 9.59 Å². The highest BCUT2D eigenvalue weighted by Gasteiger charge is 2.30. The third-order valence-corrected chi connectivity index (χ3v) is 3.98. The lowest BCUT2D eigenvalue weighted by molar-refractivity contribution is 0.0776. The summed E-state index contributed by atoms with van der Waals surface area (Å²) in [6, 6.07) is 7.06. The number of benzene rings is 1. The first kappa shape index (κ1) is 14.6. The van der Waals surface area contributed by atoms with E-state index in [1.54, 1.807) is 31.3 Å². The van der Waals surface area contributed by atoms with E-state index in [0.29, 0.717) is 28.5 Å². The molecule has 0 aliphatic heterocycles. The fourth-order valence-electron chi connectivity index (χ4n) is 2.56. The van der Waals surface area contributed by atoms with Crippen LogP contribution in [-0.4, -0.2) is 38.0 Å². The fourth-order valence-corrected chi connectivity index (χ4v) is 2.56. The largest absolute Gasteiger partial charge is 0.346 e. The molecule has 1 saturated carbocycles. The number of amides is 1. The summed E-state index contributed by atoms with van der Waals surface area (Å²) in [6.45, 7) is 0.192. The van der Waals surface area contributed by atoms with Crippen molar-refractivity contribution in [1.82, 2.24) is 25.0 Å². The molecule has 2 aromatic heterocycles. The molecule has 0 unspecified atom stereocenters. The number of carbonyl (C=O) groups excluding carboxylic acids is 1. The molecular formula is C16H15N5O3. The van der Waals surface area contributed by atoms with Crippen molar-refractivity contribution in [2.24, 2.45) is 0 Å². The van der Waals surface area contributed by atoms with Crippen molar-refractivity contribution in [3.05, 3.63) is 52.2 Å². The van der Waals surface area contributed by atoms with Crippen LogP contribution < -0.4 is 5.69 Å². The molecule has 24 heavy (non-hydrogen) atoms. The first-order valence-corrected chi connectivity index (χ1v) is 7.69. The Labute approximate surface area is 136 Å².